The molecule has 7 heteroatoms. The number of aromatic nitrogens is 3. The molecular weight excluding hydrogens is 344 g/mol. The van der Waals surface area contributed by atoms with Crippen LogP contribution in [0.3, 0.4) is 0 Å². The highest BCUT2D eigenvalue weighted by Crippen LogP contribution is 2.20. The molecule has 0 fully saturated rings. The number of nitrogens with zero attached hydrogens (tertiary/aromatic N) is 3. The molecule has 0 spiro atoms. The minimum atomic E-state index is -0.258. The summed E-state index contributed by atoms with van der Waals surface area (Å²) < 4.78 is 10.4. The van der Waals surface area contributed by atoms with Gasteiger partial charge >= 0.3 is 0 Å². The third-order valence-corrected chi connectivity index (χ3v) is 3.87. The Morgan fingerprint density at radius 3 is 2.81 bits per heavy atom. The van der Waals surface area contributed by atoms with Crippen molar-refractivity contribution in [3.05, 3.63) is 72.7 Å². The topological polar surface area (TPSA) is 82.2 Å². The largest absolute Gasteiger partial charge is 0.497 e. The molecule has 27 heavy (non-hydrogen) atoms. The van der Waals surface area contributed by atoms with Gasteiger partial charge < -0.3 is 14.5 Å². The minimum absolute atomic E-state index is 0.258. The molecular formula is C20H16N4O3. The molecule has 1 N–H and O–H groups in total. The van der Waals surface area contributed by atoms with Crippen molar-refractivity contribution in [3.8, 4) is 11.4 Å². The molecule has 2 aromatic heterocycles. The molecule has 1 amide bonds. The van der Waals surface area contributed by atoms with Gasteiger partial charge in [0.15, 0.2) is 0 Å². The first-order chi connectivity index (χ1) is 13.2. The molecule has 134 valence electrons. The molecule has 0 unspecified atom stereocenters. The summed E-state index contributed by atoms with van der Waals surface area (Å²) in [7, 11) is 1.61. The third kappa shape index (κ3) is 3.72. The van der Waals surface area contributed by atoms with Crippen LogP contribution >= 0.6 is 0 Å². The zero-order valence-electron chi connectivity index (χ0n) is 14.5. The smallest absolute Gasteiger partial charge is 0.248 e. The van der Waals surface area contributed by atoms with E-state index in [-0.39, 0.29) is 5.91 Å². The van der Waals surface area contributed by atoms with Gasteiger partial charge in [0.1, 0.15) is 22.5 Å². The van der Waals surface area contributed by atoms with E-state index in [4.69, 9.17) is 9.15 Å². The number of hydrogen-bond acceptors (Lipinski definition) is 5. The van der Waals surface area contributed by atoms with Gasteiger partial charge in [-0.2, -0.15) is 4.80 Å². The summed E-state index contributed by atoms with van der Waals surface area (Å²) >= 11 is 0. The first kappa shape index (κ1) is 16.6. The second-order valence-electron chi connectivity index (χ2n) is 5.73. The lowest BCUT2D eigenvalue weighted by Crippen LogP contribution is -2.07. The van der Waals surface area contributed by atoms with Crippen molar-refractivity contribution in [1.29, 1.82) is 0 Å². The number of furan rings is 1. The number of ether oxygens (including phenoxy) is 1. The minimum Gasteiger partial charge on any atom is -0.497 e. The number of nitrogens with one attached hydrogen (secondary N) is 1. The van der Waals surface area contributed by atoms with Crippen LogP contribution in [0.1, 0.15) is 5.76 Å². The van der Waals surface area contributed by atoms with Crippen LogP contribution in [0.2, 0.25) is 0 Å². The first-order valence-electron chi connectivity index (χ1n) is 8.25. The molecule has 4 aromatic rings. The van der Waals surface area contributed by atoms with Crippen molar-refractivity contribution in [2.24, 2.45) is 0 Å². The third-order valence-electron chi connectivity index (χ3n) is 3.87. The number of carbonyl (C=O) groups is 1. The van der Waals surface area contributed by atoms with Crippen LogP contribution in [0.4, 0.5) is 5.69 Å². The molecule has 7 nitrogen and oxygen atoms in total. The van der Waals surface area contributed by atoms with E-state index in [0.29, 0.717) is 17.0 Å². The van der Waals surface area contributed by atoms with Crippen molar-refractivity contribution >= 4 is 28.7 Å². The van der Waals surface area contributed by atoms with Gasteiger partial charge in [0, 0.05) is 17.8 Å². The van der Waals surface area contributed by atoms with Gasteiger partial charge in [-0.1, -0.05) is 6.07 Å². The van der Waals surface area contributed by atoms with Crippen LogP contribution < -0.4 is 10.1 Å². The van der Waals surface area contributed by atoms with Crippen LogP contribution in [0.5, 0.6) is 5.75 Å². The fourth-order valence-corrected chi connectivity index (χ4v) is 2.57. The highest BCUT2D eigenvalue weighted by Gasteiger charge is 2.07. The van der Waals surface area contributed by atoms with E-state index in [9.17, 15) is 4.79 Å². The predicted octanol–water partition coefficient (Wildman–Crippen LogP) is 3.67. The summed E-state index contributed by atoms with van der Waals surface area (Å²) in [4.78, 5) is 13.6. The molecule has 0 aliphatic rings. The van der Waals surface area contributed by atoms with Crippen LogP contribution in [0.15, 0.2) is 71.4 Å². The van der Waals surface area contributed by atoms with E-state index in [2.05, 4.69) is 15.5 Å². The summed E-state index contributed by atoms with van der Waals surface area (Å²) in [5.74, 6) is 1.08. The van der Waals surface area contributed by atoms with Gasteiger partial charge in [0.2, 0.25) is 5.91 Å². The summed E-state index contributed by atoms with van der Waals surface area (Å²) in [5, 5.41) is 11.7. The van der Waals surface area contributed by atoms with Crippen LogP contribution in [0, 0.1) is 0 Å². The Morgan fingerprint density at radius 1 is 1.11 bits per heavy atom. The summed E-state index contributed by atoms with van der Waals surface area (Å²) in [6.45, 7) is 0. The maximum absolute atomic E-state index is 12.0. The second-order valence-corrected chi connectivity index (χ2v) is 5.73. The van der Waals surface area contributed by atoms with Crippen molar-refractivity contribution < 1.29 is 13.9 Å². The van der Waals surface area contributed by atoms with Crippen molar-refractivity contribution in [2.45, 2.75) is 0 Å². The SMILES string of the molecule is COc1cccc(-n2nc3ccc(NC(=O)/C=C/c4ccco4)cc3n2)c1. The van der Waals surface area contributed by atoms with Gasteiger partial charge in [-0.05, 0) is 48.5 Å². The number of rotatable bonds is 5. The molecule has 2 heterocycles. The standard InChI is InChI=1S/C20H16N4O3/c1-26-17-5-2-4-15(13-17)24-22-18-9-7-14(12-19(18)23-24)21-20(25)10-8-16-6-3-11-27-16/h2-13H,1H3,(H,21,25)/b10-8+. The molecule has 4 rings (SSSR count). The van der Waals surface area contributed by atoms with Crippen LogP contribution in [0.25, 0.3) is 22.8 Å². The molecule has 0 saturated heterocycles. The lowest BCUT2D eigenvalue weighted by molar-refractivity contribution is -0.111. The van der Waals surface area contributed by atoms with E-state index in [1.54, 1.807) is 43.7 Å². The first-order valence-corrected chi connectivity index (χ1v) is 8.25. The normalized spacial score (nSPS) is 11.1. The average molecular weight is 360 g/mol. The van der Waals surface area contributed by atoms with Gasteiger partial charge in [-0.15, -0.1) is 10.2 Å². The van der Waals surface area contributed by atoms with Gasteiger partial charge in [0.25, 0.3) is 0 Å². The Balaban J connectivity index is 1.54. The summed E-state index contributed by atoms with van der Waals surface area (Å²) in [6.07, 6.45) is 4.57. The van der Waals surface area contributed by atoms with Crippen molar-refractivity contribution in [1.82, 2.24) is 15.0 Å². The monoisotopic (exact) mass is 360 g/mol. The van der Waals surface area contributed by atoms with Crippen molar-refractivity contribution in [3.63, 3.8) is 0 Å². The zero-order valence-corrected chi connectivity index (χ0v) is 14.5. The summed E-state index contributed by atoms with van der Waals surface area (Å²) in [6, 6.07) is 16.4. The number of carbonyl (C=O) groups excluding carboxylic acids is 1. The second kappa shape index (κ2) is 7.17. The van der Waals surface area contributed by atoms with E-state index < -0.39 is 0 Å². The maximum Gasteiger partial charge on any atom is 0.248 e. The fourth-order valence-electron chi connectivity index (χ4n) is 2.57. The number of amides is 1. The van der Waals surface area contributed by atoms with E-state index in [1.807, 2.05) is 30.3 Å². The number of fused-ring (bicyclic) bond motifs is 1. The molecule has 0 aliphatic carbocycles. The van der Waals surface area contributed by atoms with E-state index in [0.717, 1.165) is 17.0 Å². The Bertz CT molecular complexity index is 1110. The van der Waals surface area contributed by atoms with E-state index in [1.165, 1.54) is 10.9 Å². The maximum atomic E-state index is 12.0. The number of anilines is 1. The predicted molar refractivity (Wildman–Crippen MR) is 102 cm³/mol. The summed E-state index contributed by atoms with van der Waals surface area (Å²) in [5.41, 5.74) is 2.82. The van der Waals surface area contributed by atoms with Gasteiger partial charge in [-0.25, -0.2) is 0 Å². The number of hydrogen-bond donors (Lipinski definition) is 1. The Labute approximate surface area is 154 Å². The Hall–Kier alpha value is -3.87. The average Bonchev–Trinajstić information content (AvgIpc) is 3.35. The van der Waals surface area contributed by atoms with Crippen LogP contribution in [-0.4, -0.2) is 28.0 Å². The highest BCUT2D eigenvalue weighted by molar-refractivity contribution is 6.02. The lowest BCUT2D eigenvalue weighted by atomic mass is 10.2. The van der Waals surface area contributed by atoms with E-state index >= 15 is 0 Å². The number of methoxy groups -OCH3 is 1. The Kier molecular flexibility index (Phi) is 4.40. The molecule has 0 atom stereocenters. The molecule has 0 aliphatic heterocycles. The lowest BCUT2D eigenvalue weighted by Gasteiger charge is -2.02. The molecule has 0 saturated carbocycles. The van der Waals surface area contributed by atoms with Crippen molar-refractivity contribution in [2.75, 3.05) is 12.4 Å². The molecule has 0 bridgehead atoms. The van der Waals surface area contributed by atoms with Gasteiger partial charge in [0.05, 0.1) is 19.1 Å². The number of benzene rings is 2. The molecule has 2 aromatic carbocycles. The zero-order chi connectivity index (χ0) is 18.6. The fraction of sp³-hybridized carbons (Fsp3) is 0.0500. The molecule has 0 radical (unpaired) electrons. The Morgan fingerprint density at radius 2 is 2.00 bits per heavy atom. The van der Waals surface area contributed by atoms with Crippen LogP contribution in [-0.2, 0) is 4.79 Å². The van der Waals surface area contributed by atoms with Gasteiger partial charge in [-0.3, -0.25) is 4.79 Å². The highest BCUT2D eigenvalue weighted by atomic mass is 16.5. The quantitative estimate of drug-likeness (QED) is 0.549.